The van der Waals surface area contributed by atoms with Crippen molar-refractivity contribution in [1.82, 2.24) is 14.6 Å². The van der Waals surface area contributed by atoms with Crippen LogP contribution in [0.1, 0.15) is 67.0 Å². The number of ether oxygens (including phenoxy) is 1. The van der Waals surface area contributed by atoms with E-state index in [1.54, 1.807) is 80.6 Å². The molecule has 4 aromatic carbocycles. The minimum Gasteiger partial charge on any atom is -0.478 e. The summed E-state index contributed by atoms with van der Waals surface area (Å²) < 4.78 is 7.95. The molecule has 0 aliphatic carbocycles. The number of aryl methyl sites for hydroxylation is 1. The van der Waals surface area contributed by atoms with Crippen LogP contribution in [0.3, 0.4) is 0 Å². The highest BCUT2D eigenvalue weighted by Gasteiger charge is 2.36. The second-order valence-corrected chi connectivity index (χ2v) is 14.4. The van der Waals surface area contributed by atoms with Crippen molar-refractivity contribution in [2.45, 2.75) is 59.0 Å². The number of unbranched alkanes of at least 4 members (excludes halogenated alkanes) is 1. The Morgan fingerprint density at radius 2 is 1.43 bits per heavy atom. The maximum absolute atomic E-state index is 14.5. The maximum Gasteiger partial charge on any atom is 0.335 e. The van der Waals surface area contributed by atoms with Gasteiger partial charge in [0.05, 0.1) is 16.3 Å². The average Bonchev–Trinajstić information content (AvgIpc) is 3.56. The largest absolute Gasteiger partial charge is 0.478 e. The zero-order valence-electron chi connectivity index (χ0n) is 29.6. The molecule has 1 heterocycles. The van der Waals surface area contributed by atoms with Gasteiger partial charge in [-0.05, 0) is 90.7 Å². The first-order chi connectivity index (χ1) is 25.3. The molecular weight excluding hydrogens is 735 g/mol. The molecule has 0 aliphatic rings. The molecule has 0 unspecified atom stereocenters. The summed E-state index contributed by atoms with van der Waals surface area (Å²) in [6.07, 6.45) is 4.08. The highest BCUT2D eigenvalue weighted by molar-refractivity contribution is 6.36. The van der Waals surface area contributed by atoms with Crippen LogP contribution in [-0.2, 0) is 29.0 Å². The lowest BCUT2D eigenvalue weighted by Gasteiger charge is -2.31. The van der Waals surface area contributed by atoms with Crippen LogP contribution >= 0.6 is 34.8 Å². The first kappa shape index (κ1) is 39.5. The van der Waals surface area contributed by atoms with Crippen molar-refractivity contribution in [2.24, 2.45) is 17.7 Å². The number of nitrogens with two attached hydrogens (primary N) is 1. The van der Waals surface area contributed by atoms with E-state index >= 15 is 0 Å². The van der Waals surface area contributed by atoms with Crippen LogP contribution in [0.2, 0.25) is 15.1 Å². The molecule has 0 saturated carbocycles. The van der Waals surface area contributed by atoms with Gasteiger partial charge in [0, 0.05) is 40.7 Å². The van der Waals surface area contributed by atoms with Gasteiger partial charge in [-0.1, -0.05) is 86.3 Å². The number of carboxylic acids is 1. The van der Waals surface area contributed by atoms with Crippen molar-refractivity contribution < 1.29 is 24.2 Å². The van der Waals surface area contributed by atoms with Gasteiger partial charge in [0.2, 0.25) is 5.91 Å². The molecule has 2 atom stereocenters. The molecule has 53 heavy (non-hydrogen) atoms. The number of halogens is 3. The van der Waals surface area contributed by atoms with E-state index < -0.39 is 29.8 Å². The third-order valence-electron chi connectivity index (χ3n) is 8.91. The zero-order valence-corrected chi connectivity index (χ0v) is 31.9. The normalized spacial score (nSPS) is 12.4. The van der Waals surface area contributed by atoms with Crippen molar-refractivity contribution in [3.05, 3.63) is 135 Å². The van der Waals surface area contributed by atoms with E-state index in [4.69, 9.17) is 50.4 Å². The van der Waals surface area contributed by atoms with Crippen LogP contribution in [0.15, 0.2) is 97.2 Å². The van der Waals surface area contributed by atoms with Gasteiger partial charge in [-0.3, -0.25) is 14.6 Å². The Hall–Kier alpha value is -4.67. The van der Waals surface area contributed by atoms with E-state index in [1.165, 1.54) is 12.1 Å². The fraction of sp³-hybridized carbons (Fsp3) is 0.268. The van der Waals surface area contributed by atoms with Crippen molar-refractivity contribution >= 4 is 52.5 Å². The molecule has 0 saturated heterocycles. The fourth-order valence-corrected chi connectivity index (χ4v) is 6.60. The van der Waals surface area contributed by atoms with Crippen LogP contribution in [0.5, 0.6) is 11.5 Å². The molecule has 276 valence electrons. The highest BCUT2D eigenvalue weighted by atomic mass is 35.5. The van der Waals surface area contributed by atoms with Gasteiger partial charge < -0.3 is 14.4 Å². The minimum atomic E-state index is -1.05. The number of carboxylic acid groups (broad SMARTS) is 1. The predicted octanol–water partition coefficient (Wildman–Crippen LogP) is 9.87. The number of imidazole rings is 1. The number of carbonyl (C=O) groups excluding carboxylic acids is 2. The standard InChI is InChI=1S/C41H41Cl3N4O5/c1-4-5-20-47-24-36(33-19-14-30(43)23-35(33)44)46-39(47)37(22-27-8-15-31(16-9-27)53-32-17-10-28(11-18-32)41(51)52)48(45)40(50)34(38(49)25(2)3)21-26-6-12-29(42)13-7-26/h6-19,23-25,34,37H,4-5,20-22,45H2,1-3H3,(H,51,52)/t34-,37-/m0/s1. The molecule has 0 spiro atoms. The van der Waals surface area contributed by atoms with Crippen LogP contribution in [0, 0.1) is 11.8 Å². The monoisotopic (exact) mass is 774 g/mol. The number of benzene rings is 4. The molecule has 0 radical (unpaired) electrons. The maximum atomic E-state index is 14.5. The Morgan fingerprint density at radius 1 is 0.849 bits per heavy atom. The minimum absolute atomic E-state index is 0.156. The van der Waals surface area contributed by atoms with E-state index in [-0.39, 0.29) is 24.2 Å². The fourth-order valence-electron chi connectivity index (χ4n) is 5.96. The molecule has 3 N–H and O–H groups in total. The van der Waals surface area contributed by atoms with Crippen molar-refractivity contribution in [3.63, 3.8) is 0 Å². The smallest absolute Gasteiger partial charge is 0.335 e. The van der Waals surface area contributed by atoms with Gasteiger partial charge in [-0.15, -0.1) is 0 Å². The summed E-state index contributed by atoms with van der Waals surface area (Å²) >= 11 is 19.0. The van der Waals surface area contributed by atoms with Crippen molar-refractivity contribution in [2.75, 3.05) is 0 Å². The molecule has 0 aliphatic heterocycles. The van der Waals surface area contributed by atoms with Crippen LogP contribution in [0.25, 0.3) is 11.3 Å². The Labute approximate surface area is 324 Å². The van der Waals surface area contributed by atoms with E-state index in [0.717, 1.165) is 29.0 Å². The summed E-state index contributed by atoms with van der Waals surface area (Å²) in [5, 5.41) is 11.8. The molecule has 1 amide bonds. The Morgan fingerprint density at radius 3 is 2.02 bits per heavy atom. The second-order valence-electron chi connectivity index (χ2n) is 13.1. The Balaban J connectivity index is 1.53. The van der Waals surface area contributed by atoms with Crippen LogP contribution in [0.4, 0.5) is 0 Å². The number of hydrogen-bond acceptors (Lipinski definition) is 6. The lowest BCUT2D eigenvalue weighted by Crippen LogP contribution is -2.48. The number of aromatic carboxylic acids is 1. The molecule has 5 rings (SSSR count). The third kappa shape index (κ3) is 10.1. The summed E-state index contributed by atoms with van der Waals surface area (Å²) in [7, 11) is 0. The second kappa shape index (κ2) is 17.9. The lowest BCUT2D eigenvalue weighted by atomic mass is 9.88. The zero-order chi connectivity index (χ0) is 38.2. The SMILES string of the molecule is CCCCn1cc(-c2ccc(Cl)cc2Cl)nc1[C@H](Cc1ccc(Oc2ccc(C(=O)O)cc2)cc1)N(N)C(=O)[C@@H](Cc1ccc(Cl)cc1)C(=O)C(C)C. The first-order valence-corrected chi connectivity index (χ1v) is 18.5. The van der Waals surface area contributed by atoms with E-state index in [1.807, 2.05) is 22.9 Å². The lowest BCUT2D eigenvalue weighted by molar-refractivity contribution is -0.145. The highest BCUT2D eigenvalue weighted by Crippen LogP contribution is 2.34. The van der Waals surface area contributed by atoms with Crippen molar-refractivity contribution in [3.8, 4) is 22.8 Å². The number of hydrazine groups is 1. The molecule has 9 nitrogen and oxygen atoms in total. The number of nitrogens with zero attached hydrogens (tertiary/aromatic N) is 3. The number of carbonyl (C=O) groups is 3. The van der Waals surface area contributed by atoms with E-state index in [9.17, 15) is 19.5 Å². The van der Waals surface area contributed by atoms with E-state index in [0.29, 0.717) is 50.2 Å². The first-order valence-electron chi connectivity index (χ1n) is 17.3. The quantitative estimate of drug-likeness (QED) is 0.0442. The van der Waals surface area contributed by atoms with E-state index in [2.05, 4.69) is 6.92 Å². The number of hydrogen-bond donors (Lipinski definition) is 2. The summed E-state index contributed by atoms with van der Waals surface area (Å²) in [5.74, 6) is 5.19. The third-order valence-corrected chi connectivity index (χ3v) is 9.71. The number of aromatic nitrogens is 2. The number of amides is 1. The molecule has 12 heteroatoms. The Bertz CT molecular complexity index is 2050. The van der Waals surface area contributed by atoms with Crippen molar-refractivity contribution in [1.29, 1.82) is 0 Å². The summed E-state index contributed by atoms with van der Waals surface area (Å²) in [5.41, 5.74) is 3.03. The van der Waals surface area contributed by atoms with Gasteiger partial charge in [0.1, 0.15) is 35.1 Å². The number of ketones is 1. The summed E-state index contributed by atoms with van der Waals surface area (Å²) in [6.45, 7) is 6.24. The number of Topliss-reactive ketones (excluding diaryl/α,β-unsaturated/α-hetero) is 1. The van der Waals surface area contributed by atoms with Crippen LogP contribution < -0.4 is 10.6 Å². The Kier molecular flexibility index (Phi) is 13.4. The van der Waals surface area contributed by atoms with Gasteiger partial charge in [-0.25, -0.2) is 15.6 Å². The van der Waals surface area contributed by atoms with Crippen LogP contribution in [-0.4, -0.2) is 37.3 Å². The molecule has 5 aromatic rings. The average molecular weight is 776 g/mol. The van der Waals surface area contributed by atoms with Gasteiger partial charge >= 0.3 is 5.97 Å². The summed E-state index contributed by atoms with van der Waals surface area (Å²) in [4.78, 5) is 44.5. The topological polar surface area (TPSA) is 128 Å². The number of rotatable bonds is 16. The van der Waals surface area contributed by atoms with Gasteiger partial charge in [-0.2, -0.15) is 0 Å². The van der Waals surface area contributed by atoms with Gasteiger partial charge in [0.25, 0.3) is 0 Å². The van der Waals surface area contributed by atoms with Gasteiger partial charge in [0.15, 0.2) is 0 Å². The summed E-state index contributed by atoms with van der Waals surface area (Å²) in [6, 6.07) is 24.9. The molecular formula is C41H41Cl3N4O5. The molecule has 0 fully saturated rings. The predicted molar refractivity (Wildman–Crippen MR) is 208 cm³/mol. The molecule has 0 bridgehead atoms. The molecule has 1 aromatic heterocycles.